The number of rotatable bonds is 2. The van der Waals surface area contributed by atoms with Crippen LogP contribution in [0.4, 0.5) is 19.0 Å². The first-order valence-electron chi connectivity index (χ1n) is 4.19. The molecule has 0 aliphatic carbocycles. The van der Waals surface area contributed by atoms with Gasteiger partial charge in [-0.15, -0.1) is 13.2 Å². The summed E-state index contributed by atoms with van der Waals surface area (Å²) in [4.78, 5) is 3.43. The molecule has 0 atom stereocenters. The Kier molecular flexibility index (Phi) is 3.39. The van der Waals surface area contributed by atoms with Gasteiger partial charge in [-0.3, -0.25) is 0 Å². The number of hydrogen-bond acceptors (Lipinski definition) is 5. The fourth-order valence-electron chi connectivity index (χ4n) is 1.06. The highest BCUT2D eigenvalue weighted by Crippen LogP contribution is 2.28. The normalized spacial score (nSPS) is 10.4. The number of nitriles is 2. The van der Waals surface area contributed by atoms with Gasteiger partial charge < -0.3 is 10.5 Å². The minimum absolute atomic E-state index is 0.0748. The average Bonchev–Trinajstić information content (AvgIpc) is 2.20. The van der Waals surface area contributed by atoms with Crippen LogP contribution in [-0.2, 0) is 6.42 Å². The Morgan fingerprint density at radius 2 is 2.06 bits per heavy atom. The molecular weight excluding hydrogens is 237 g/mol. The van der Waals surface area contributed by atoms with Crippen molar-refractivity contribution in [1.29, 1.82) is 10.5 Å². The largest absolute Gasteiger partial charge is 0.573 e. The van der Waals surface area contributed by atoms with Crippen LogP contribution in [0.2, 0.25) is 0 Å². The molecule has 2 N–H and O–H groups in total. The number of nitrogen functional groups attached to an aromatic ring is 1. The fourth-order valence-corrected chi connectivity index (χ4v) is 1.06. The molecule has 0 saturated heterocycles. The molecule has 88 valence electrons. The van der Waals surface area contributed by atoms with E-state index in [1.807, 2.05) is 0 Å². The molecule has 1 rings (SSSR count). The number of aromatic nitrogens is 1. The monoisotopic (exact) mass is 242 g/mol. The van der Waals surface area contributed by atoms with Gasteiger partial charge >= 0.3 is 6.36 Å². The number of nitrogens with zero attached hydrogens (tertiary/aromatic N) is 3. The summed E-state index contributed by atoms with van der Waals surface area (Å²) >= 11 is 0. The van der Waals surface area contributed by atoms with Crippen molar-refractivity contribution in [2.45, 2.75) is 12.8 Å². The molecule has 0 unspecified atom stereocenters. The first-order valence-corrected chi connectivity index (χ1v) is 4.19. The van der Waals surface area contributed by atoms with Gasteiger partial charge in [-0.2, -0.15) is 10.5 Å². The predicted molar refractivity (Wildman–Crippen MR) is 49.4 cm³/mol. The number of halogens is 3. The van der Waals surface area contributed by atoms with Gasteiger partial charge in [-0.05, 0) is 6.07 Å². The smallest absolute Gasteiger partial charge is 0.403 e. The second kappa shape index (κ2) is 4.58. The zero-order chi connectivity index (χ0) is 13.1. The third-order valence-electron chi connectivity index (χ3n) is 1.70. The molecule has 0 spiro atoms. The van der Waals surface area contributed by atoms with Crippen LogP contribution in [0.5, 0.6) is 5.75 Å². The van der Waals surface area contributed by atoms with Gasteiger partial charge in [0.15, 0.2) is 11.4 Å². The summed E-state index contributed by atoms with van der Waals surface area (Å²) in [6, 6.07) is 4.03. The number of ether oxygens (including phenoxy) is 1. The summed E-state index contributed by atoms with van der Waals surface area (Å²) < 4.78 is 39.7. The average molecular weight is 242 g/mol. The number of alkyl halides is 3. The molecule has 0 fully saturated rings. The van der Waals surface area contributed by atoms with Gasteiger partial charge in [0, 0.05) is 5.56 Å². The van der Waals surface area contributed by atoms with Crippen molar-refractivity contribution in [2.24, 2.45) is 0 Å². The standard InChI is InChI=1S/C9H5F3N4O/c10-9(11,12)17-7-3-5(1-2-13)8(15)16-6(7)4-14/h3H,1H2,(H2,15,16). The highest BCUT2D eigenvalue weighted by atomic mass is 19.4. The second-order valence-electron chi connectivity index (χ2n) is 2.87. The van der Waals surface area contributed by atoms with Crippen LogP contribution in [0.1, 0.15) is 11.3 Å². The zero-order valence-corrected chi connectivity index (χ0v) is 8.25. The van der Waals surface area contributed by atoms with Crippen LogP contribution in [0.3, 0.4) is 0 Å². The summed E-state index contributed by atoms with van der Waals surface area (Å²) in [5.41, 5.74) is 4.86. The Balaban J connectivity index is 3.24. The summed E-state index contributed by atoms with van der Waals surface area (Å²) in [7, 11) is 0. The summed E-state index contributed by atoms with van der Waals surface area (Å²) in [5, 5.41) is 17.0. The Bertz CT molecular complexity index is 513. The Morgan fingerprint density at radius 3 is 2.53 bits per heavy atom. The highest BCUT2D eigenvalue weighted by Gasteiger charge is 2.33. The van der Waals surface area contributed by atoms with Gasteiger partial charge in [0.2, 0.25) is 0 Å². The summed E-state index contributed by atoms with van der Waals surface area (Å²) in [6.45, 7) is 0. The Morgan fingerprint density at radius 1 is 1.41 bits per heavy atom. The third-order valence-corrected chi connectivity index (χ3v) is 1.70. The quantitative estimate of drug-likeness (QED) is 0.847. The molecule has 5 nitrogen and oxygen atoms in total. The molecule has 0 aliphatic heterocycles. The van der Waals surface area contributed by atoms with Crippen LogP contribution >= 0.6 is 0 Å². The third kappa shape index (κ3) is 3.24. The van der Waals surface area contributed by atoms with E-state index in [2.05, 4.69) is 9.72 Å². The maximum absolute atomic E-state index is 12.0. The molecule has 8 heteroatoms. The van der Waals surface area contributed by atoms with Gasteiger partial charge in [0.05, 0.1) is 12.5 Å². The lowest BCUT2D eigenvalue weighted by Gasteiger charge is -2.11. The topological polar surface area (TPSA) is 95.7 Å². The lowest BCUT2D eigenvalue weighted by Crippen LogP contribution is -2.18. The van der Waals surface area contributed by atoms with Crippen LogP contribution in [0.15, 0.2) is 6.07 Å². The van der Waals surface area contributed by atoms with Gasteiger partial charge in [0.1, 0.15) is 11.9 Å². The van der Waals surface area contributed by atoms with Crippen molar-refractivity contribution in [3.63, 3.8) is 0 Å². The van der Waals surface area contributed by atoms with E-state index < -0.39 is 17.8 Å². The first-order chi connectivity index (χ1) is 7.87. The zero-order valence-electron chi connectivity index (χ0n) is 8.25. The molecule has 1 aromatic rings. The Hall–Kier alpha value is -2.48. The predicted octanol–water partition coefficient (Wildman–Crippen LogP) is 1.50. The van der Waals surface area contributed by atoms with Crippen molar-refractivity contribution in [2.75, 3.05) is 5.73 Å². The van der Waals surface area contributed by atoms with E-state index in [9.17, 15) is 13.2 Å². The molecule has 0 aliphatic rings. The number of anilines is 1. The highest BCUT2D eigenvalue weighted by molar-refractivity contribution is 5.51. The molecule has 0 aromatic carbocycles. The molecular formula is C9H5F3N4O. The fraction of sp³-hybridized carbons (Fsp3) is 0.222. The summed E-state index contributed by atoms with van der Waals surface area (Å²) in [6.07, 6.45) is -5.16. The van der Waals surface area contributed by atoms with Gasteiger partial charge in [0.25, 0.3) is 0 Å². The Labute approximate surface area is 93.8 Å². The van der Waals surface area contributed by atoms with Crippen LogP contribution in [0.25, 0.3) is 0 Å². The molecule has 0 saturated carbocycles. The molecule has 17 heavy (non-hydrogen) atoms. The van der Waals surface area contributed by atoms with E-state index >= 15 is 0 Å². The SMILES string of the molecule is N#CCc1cc(OC(F)(F)F)c(C#N)nc1N. The van der Waals surface area contributed by atoms with Crippen LogP contribution in [0, 0.1) is 22.7 Å². The number of hydrogen-bond donors (Lipinski definition) is 1. The number of pyridine rings is 1. The van der Waals surface area contributed by atoms with E-state index in [0.717, 1.165) is 6.07 Å². The molecule has 0 radical (unpaired) electrons. The molecule has 0 amide bonds. The van der Waals surface area contributed by atoms with Crippen molar-refractivity contribution in [3.8, 4) is 17.9 Å². The number of nitrogens with two attached hydrogens (primary N) is 1. The van der Waals surface area contributed by atoms with Crippen LogP contribution < -0.4 is 10.5 Å². The molecule has 1 aromatic heterocycles. The minimum atomic E-state index is -4.94. The van der Waals surface area contributed by atoms with Gasteiger partial charge in [-0.25, -0.2) is 4.98 Å². The van der Waals surface area contributed by atoms with Crippen LogP contribution in [-0.4, -0.2) is 11.3 Å². The maximum Gasteiger partial charge on any atom is 0.573 e. The second-order valence-corrected chi connectivity index (χ2v) is 2.87. The molecule has 1 heterocycles. The molecule has 0 bridgehead atoms. The van der Waals surface area contributed by atoms with E-state index in [1.165, 1.54) is 6.07 Å². The van der Waals surface area contributed by atoms with E-state index in [1.54, 1.807) is 6.07 Å². The summed E-state index contributed by atoms with van der Waals surface area (Å²) in [5.74, 6) is -0.933. The van der Waals surface area contributed by atoms with Gasteiger partial charge in [-0.1, -0.05) is 0 Å². The van der Waals surface area contributed by atoms with E-state index in [0.29, 0.717) is 0 Å². The minimum Gasteiger partial charge on any atom is -0.403 e. The lowest BCUT2D eigenvalue weighted by atomic mass is 10.1. The van der Waals surface area contributed by atoms with Crippen molar-refractivity contribution < 1.29 is 17.9 Å². The van der Waals surface area contributed by atoms with Crippen molar-refractivity contribution in [1.82, 2.24) is 4.98 Å². The van der Waals surface area contributed by atoms with Crippen molar-refractivity contribution in [3.05, 3.63) is 17.3 Å². The van der Waals surface area contributed by atoms with E-state index in [-0.39, 0.29) is 17.8 Å². The van der Waals surface area contributed by atoms with E-state index in [4.69, 9.17) is 16.3 Å². The maximum atomic E-state index is 12.0. The van der Waals surface area contributed by atoms with Crippen molar-refractivity contribution >= 4 is 5.82 Å². The first kappa shape index (κ1) is 12.6. The lowest BCUT2D eigenvalue weighted by molar-refractivity contribution is -0.274.